The molecule has 0 atom stereocenters. The first-order valence-corrected chi connectivity index (χ1v) is 8.05. The molecule has 6 nitrogen and oxygen atoms in total. The van der Waals surface area contributed by atoms with Crippen molar-refractivity contribution in [3.05, 3.63) is 64.7 Å². The second-order valence-electron chi connectivity index (χ2n) is 5.52. The minimum atomic E-state index is -0.297. The molecule has 0 radical (unpaired) electrons. The van der Waals surface area contributed by atoms with Gasteiger partial charge in [0.1, 0.15) is 5.69 Å². The fourth-order valence-electron chi connectivity index (χ4n) is 2.41. The minimum absolute atomic E-state index is 0.297. The third kappa shape index (κ3) is 3.49. The Hall–Kier alpha value is -2.60. The standard InChI is InChI=1S/C17H18ClN5O/c1-3-23-16(15(18)9-20-23)17(24)21-14-8-19-22(11-14)10-13-6-4-12(2)5-7-13/h4-9,11H,3,10H2,1-2H3,(H,21,24). The number of hydrogen-bond donors (Lipinski definition) is 1. The molecule has 0 aliphatic heterocycles. The van der Waals surface area contributed by atoms with Crippen molar-refractivity contribution in [2.24, 2.45) is 0 Å². The zero-order chi connectivity index (χ0) is 17.1. The molecule has 0 bridgehead atoms. The molecule has 3 rings (SSSR count). The van der Waals surface area contributed by atoms with E-state index in [2.05, 4.69) is 46.7 Å². The van der Waals surface area contributed by atoms with Gasteiger partial charge in [-0.1, -0.05) is 41.4 Å². The maximum Gasteiger partial charge on any atom is 0.275 e. The van der Waals surface area contributed by atoms with Crippen LogP contribution in [-0.4, -0.2) is 25.5 Å². The largest absolute Gasteiger partial charge is 0.318 e. The number of rotatable bonds is 5. The van der Waals surface area contributed by atoms with E-state index in [0.717, 1.165) is 5.56 Å². The van der Waals surface area contributed by atoms with E-state index in [1.54, 1.807) is 21.8 Å². The van der Waals surface area contributed by atoms with E-state index in [4.69, 9.17) is 11.6 Å². The van der Waals surface area contributed by atoms with Gasteiger partial charge in [-0.3, -0.25) is 14.2 Å². The predicted octanol–water partition coefficient (Wildman–Crippen LogP) is 3.36. The Bertz CT molecular complexity index is 850. The number of benzene rings is 1. The van der Waals surface area contributed by atoms with E-state index in [0.29, 0.717) is 29.5 Å². The monoisotopic (exact) mass is 343 g/mol. The van der Waals surface area contributed by atoms with Gasteiger partial charge in [0.2, 0.25) is 0 Å². The van der Waals surface area contributed by atoms with Gasteiger partial charge in [0.05, 0.1) is 29.6 Å². The predicted molar refractivity (Wildman–Crippen MR) is 93.4 cm³/mol. The van der Waals surface area contributed by atoms with Crippen molar-refractivity contribution < 1.29 is 4.79 Å². The molecule has 2 heterocycles. The second-order valence-corrected chi connectivity index (χ2v) is 5.93. The summed E-state index contributed by atoms with van der Waals surface area (Å²) in [6, 6.07) is 8.26. The molecular formula is C17H18ClN5O. The fourth-order valence-corrected chi connectivity index (χ4v) is 2.64. The SMILES string of the molecule is CCn1ncc(Cl)c1C(=O)Nc1cnn(Cc2ccc(C)cc2)c1. The van der Waals surface area contributed by atoms with E-state index in [1.165, 1.54) is 11.8 Å². The lowest BCUT2D eigenvalue weighted by molar-refractivity contribution is 0.101. The summed E-state index contributed by atoms with van der Waals surface area (Å²) < 4.78 is 3.34. The average Bonchev–Trinajstić information content (AvgIpc) is 3.15. The molecule has 0 unspecified atom stereocenters. The second kappa shape index (κ2) is 6.88. The van der Waals surface area contributed by atoms with Gasteiger partial charge in [0.25, 0.3) is 5.91 Å². The summed E-state index contributed by atoms with van der Waals surface area (Å²) in [7, 11) is 0. The summed E-state index contributed by atoms with van der Waals surface area (Å²) in [5.74, 6) is -0.297. The molecule has 124 valence electrons. The average molecular weight is 344 g/mol. The summed E-state index contributed by atoms with van der Waals surface area (Å²) in [5.41, 5.74) is 3.34. The molecule has 0 aliphatic carbocycles. The zero-order valence-corrected chi connectivity index (χ0v) is 14.3. The van der Waals surface area contributed by atoms with E-state index in [1.807, 2.05) is 6.92 Å². The van der Waals surface area contributed by atoms with Gasteiger partial charge in [-0.2, -0.15) is 10.2 Å². The first-order chi connectivity index (χ1) is 11.6. The Morgan fingerprint density at radius 2 is 1.96 bits per heavy atom. The highest BCUT2D eigenvalue weighted by Gasteiger charge is 2.17. The van der Waals surface area contributed by atoms with Gasteiger partial charge in [-0.05, 0) is 19.4 Å². The number of aromatic nitrogens is 4. The van der Waals surface area contributed by atoms with Crippen LogP contribution in [0, 0.1) is 6.92 Å². The Kier molecular flexibility index (Phi) is 4.66. The normalized spacial score (nSPS) is 10.8. The lowest BCUT2D eigenvalue weighted by Gasteiger charge is -2.05. The maximum atomic E-state index is 12.4. The van der Waals surface area contributed by atoms with Crippen LogP contribution in [0.5, 0.6) is 0 Å². The highest BCUT2D eigenvalue weighted by Crippen LogP contribution is 2.17. The third-order valence-corrected chi connectivity index (χ3v) is 3.94. The molecule has 1 aromatic carbocycles. The van der Waals surface area contributed by atoms with Gasteiger partial charge in [0, 0.05) is 12.7 Å². The molecule has 24 heavy (non-hydrogen) atoms. The Morgan fingerprint density at radius 3 is 2.67 bits per heavy atom. The van der Waals surface area contributed by atoms with E-state index >= 15 is 0 Å². The number of nitrogens with zero attached hydrogens (tertiary/aromatic N) is 4. The van der Waals surface area contributed by atoms with Crippen molar-refractivity contribution in [2.75, 3.05) is 5.32 Å². The fraction of sp³-hybridized carbons (Fsp3) is 0.235. The molecule has 0 saturated heterocycles. The van der Waals surface area contributed by atoms with E-state index < -0.39 is 0 Å². The summed E-state index contributed by atoms with van der Waals surface area (Å²) in [6.07, 6.45) is 4.88. The summed E-state index contributed by atoms with van der Waals surface area (Å²) >= 11 is 6.05. The smallest absolute Gasteiger partial charge is 0.275 e. The number of hydrogen-bond acceptors (Lipinski definition) is 3. The van der Waals surface area contributed by atoms with Gasteiger partial charge in [-0.25, -0.2) is 0 Å². The van der Waals surface area contributed by atoms with Crippen LogP contribution in [0.2, 0.25) is 5.02 Å². The number of carbonyl (C=O) groups is 1. The van der Waals surface area contributed by atoms with Gasteiger partial charge < -0.3 is 5.32 Å². The molecule has 2 aromatic heterocycles. The van der Waals surface area contributed by atoms with Crippen molar-refractivity contribution in [1.29, 1.82) is 0 Å². The van der Waals surface area contributed by atoms with Crippen molar-refractivity contribution in [1.82, 2.24) is 19.6 Å². The van der Waals surface area contributed by atoms with Crippen molar-refractivity contribution in [3.8, 4) is 0 Å². The van der Waals surface area contributed by atoms with Gasteiger partial charge in [0.15, 0.2) is 0 Å². The number of nitrogens with one attached hydrogen (secondary N) is 1. The molecule has 0 spiro atoms. The molecule has 1 N–H and O–H groups in total. The lowest BCUT2D eigenvalue weighted by atomic mass is 10.1. The maximum absolute atomic E-state index is 12.4. The van der Waals surface area contributed by atoms with Crippen molar-refractivity contribution in [2.45, 2.75) is 26.9 Å². The molecular weight excluding hydrogens is 326 g/mol. The van der Waals surface area contributed by atoms with Crippen molar-refractivity contribution >= 4 is 23.2 Å². The number of anilines is 1. The molecule has 0 fully saturated rings. The van der Waals surface area contributed by atoms with Crippen LogP contribution in [-0.2, 0) is 13.1 Å². The van der Waals surface area contributed by atoms with Crippen LogP contribution in [0.4, 0.5) is 5.69 Å². The highest BCUT2D eigenvalue weighted by molar-refractivity contribution is 6.34. The molecule has 7 heteroatoms. The van der Waals surface area contributed by atoms with Crippen LogP contribution in [0.3, 0.4) is 0 Å². The number of aryl methyl sites for hydroxylation is 2. The lowest BCUT2D eigenvalue weighted by Crippen LogP contribution is -2.17. The van der Waals surface area contributed by atoms with Crippen LogP contribution < -0.4 is 5.32 Å². The summed E-state index contributed by atoms with van der Waals surface area (Å²) in [5, 5.41) is 11.5. The van der Waals surface area contributed by atoms with E-state index in [-0.39, 0.29) is 5.91 Å². The topological polar surface area (TPSA) is 64.7 Å². The molecule has 1 amide bonds. The Balaban J connectivity index is 1.70. The van der Waals surface area contributed by atoms with Crippen LogP contribution >= 0.6 is 11.6 Å². The summed E-state index contributed by atoms with van der Waals surface area (Å²) in [6.45, 7) is 5.17. The third-order valence-electron chi connectivity index (χ3n) is 3.67. The van der Waals surface area contributed by atoms with Crippen LogP contribution in [0.1, 0.15) is 28.5 Å². The van der Waals surface area contributed by atoms with E-state index in [9.17, 15) is 4.79 Å². The quantitative estimate of drug-likeness (QED) is 0.772. The van der Waals surface area contributed by atoms with Gasteiger partial charge >= 0.3 is 0 Å². The molecule has 0 aliphatic rings. The minimum Gasteiger partial charge on any atom is -0.318 e. The first-order valence-electron chi connectivity index (χ1n) is 7.67. The highest BCUT2D eigenvalue weighted by atomic mass is 35.5. The van der Waals surface area contributed by atoms with Crippen LogP contribution in [0.15, 0.2) is 42.9 Å². The molecule has 0 saturated carbocycles. The number of carbonyl (C=O) groups excluding carboxylic acids is 1. The van der Waals surface area contributed by atoms with Crippen LogP contribution in [0.25, 0.3) is 0 Å². The Labute approximate surface area is 145 Å². The summed E-state index contributed by atoms with van der Waals surface area (Å²) in [4.78, 5) is 12.4. The van der Waals surface area contributed by atoms with Crippen molar-refractivity contribution in [3.63, 3.8) is 0 Å². The Morgan fingerprint density at radius 1 is 1.21 bits per heavy atom. The number of halogens is 1. The molecule has 3 aromatic rings. The zero-order valence-electron chi connectivity index (χ0n) is 13.5. The first kappa shape index (κ1) is 16.3. The number of amides is 1. The van der Waals surface area contributed by atoms with Gasteiger partial charge in [-0.15, -0.1) is 0 Å².